The van der Waals surface area contributed by atoms with Crippen molar-refractivity contribution in [2.75, 3.05) is 69.9 Å². The molecule has 0 atom stereocenters. The van der Waals surface area contributed by atoms with Crippen LogP contribution < -0.4 is 15.0 Å². The summed E-state index contributed by atoms with van der Waals surface area (Å²) < 4.78 is 17.4. The number of likely N-dealkylation sites (tertiary alicyclic amines) is 1. The van der Waals surface area contributed by atoms with E-state index in [1.807, 2.05) is 18.3 Å². The summed E-state index contributed by atoms with van der Waals surface area (Å²) in [6, 6.07) is 6.12. The van der Waals surface area contributed by atoms with Crippen LogP contribution in [0.15, 0.2) is 36.5 Å². The minimum atomic E-state index is 0.492. The van der Waals surface area contributed by atoms with Crippen molar-refractivity contribution in [3.8, 4) is 5.75 Å². The number of rotatable bonds is 14. The van der Waals surface area contributed by atoms with Gasteiger partial charge < -0.3 is 24.4 Å². The van der Waals surface area contributed by atoms with Gasteiger partial charge in [-0.1, -0.05) is 12.2 Å². The van der Waals surface area contributed by atoms with Crippen LogP contribution in [0.4, 0.5) is 17.5 Å². The van der Waals surface area contributed by atoms with Crippen molar-refractivity contribution in [2.24, 2.45) is 11.8 Å². The number of nitrogens with zero attached hydrogens (tertiary/aromatic N) is 4. The molecule has 2 aromatic rings. The van der Waals surface area contributed by atoms with Gasteiger partial charge in [-0.25, -0.2) is 4.98 Å². The maximum absolute atomic E-state index is 6.13. The zero-order valence-electron chi connectivity index (χ0n) is 23.0. The third kappa shape index (κ3) is 7.68. The predicted octanol–water partition coefficient (Wildman–Crippen LogP) is 4.96. The molecular weight excluding hydrogens is 478 g/mol. The summed E-state index contributed by atoms with van der Waals surface area (Å²) in [6.45, 7) is 10.4. The SMILES string of the molecule is COCc1cc(Nc2ncc(C)c(N3CCC(CCOCC4C=C4)CC3)n2)ccc1OCCN1CCCC1. The fourth-order valence-electron chi connectivity index (χ4n) is 5.39. The maximum Gasteiger partial charge on any atom is 0.229 e. The van der Waals surface area contributed by atoms with Gasteiger partial charge in [-0.2, -0.15) is 4.98 Å². The van der Waals surface area contributed by atoms with Gasteiger partial charge in [0.1, 0.15) is 18.2 Å². The monoisotopic (exact) mass is 521 g/mol. The number of ether oxygens (including phenoxy) is 3. The molecule has 206 valence electrons. The smallest absolute Gasteiger partial charge is 0.229 e. The standard InChI is InChI=1S/C30H43N5O3/c1-23-20-31-30(33-29(23)35-14-9-24(10-15-35)11-17-37-21-25-5-6-25)32-27-7-8-28(26(19-27)22-36-2)38-18-16-34-12-3-4-13-34/h5-8,19-20,24-25H,3-4,9-18,21-22H2,1-2H3,(H,31,32,33). The minimum absolute atomic E-state index is 0.492. The molecule has 8 nitrogen and oxygen atoms in total. The molecule has 0 bridgehead atoms. The summed E-state index contributed by atoms with van der Waals surface area (Å²) >= 11 is 0. The Morgan fingerprint density at radius 3 is 2.63 bits per heavy atom. The number of hydrogen-bond donors (Lipinski definition) is 1. The third-order valence-electron chi connectivity index (χ3n) is 7.78. The molecule has 0 radical (unpaired) electrons. The Morgan fingerprint density at radius 1 is 1.05 bits per heavy atom. The highest BCUT2D eigenvalue weighted by Crippen LogP contribution is 2.29. The van der Waals surface area contributed by atoms with Crippen LogP contribution in [0.3, 0.4) is 0 Å². The van der Waals surface area contributed by atoms with Crippen molar-refractivity contribution in [2.45, 2.75) is 45.6 Å². The molecule has 5 rings (SSSR count). The van der Waals surface area contributed by atoms with Crippen LogP contribution in [0, 0.1) is 18.8 Å². The number of aromatic nitrogens is 2. The normalized spacial score (nSPS) is 18.3. The molecule has 3 heterocycles. The molecule has 8 heteroatoms. The molecule has 1 aliphatic carbocycles. The Morgan fingerprint density at radius 2 is 1.87 bits per heavy atom. The molecule has 1 aromatic carbocycles. The Balaban J connectivity index is 1.15. The molecule has 3 aliphatic rings. The summed E-state index contributed by atoms with van der Waals surface area (Å²) in [7, 11) is 1.71. The second-order valence-electron chi connectivity index (χ2n) is 10.8. The molecule has 2 aliphatic heterocycles. The lowest BCUT2D eigenvalue weighted by Gasteiger charge is -2.33. The molecule has 38 heavy (non-hydrogen) atoms. The number of aryl methyl sites for hydroxylation is 1. The first-order chi connectivity index (χ1) is 18.7. The van der Waals surface area contributed by atoms with Crippen LogP contribution in [0.5, 0.6) is 5.75 Å². The van der Waals surface area contributed by atoms with E-state index in [4.69, 9.17) is 19.2 Å². The van der Waals surface area contributed by atoms with Gasteiger partial charge in [-0.05, 0) is 76.2 Å². The fraction of sp³-hybridized carbons (Fsp3) is 0.600. The summed E-state index contributed by atoms with van der Waals surface area (Å²) in [4.78, 5) is 14.3. The average molecular weight is 522 g/mol. The molecule has 1 N–H and O–H groups in total. The number of methoxy groups -OCH3 is 1. The van der Waals surface area contributed by atoms with Crippen LogP contribution in [0.2, 0.25) is 0 Å². The summed E-state index contributed by atoms with van der Waals surface area (Å²) in [5.41, 5.74) is 3.06. The minimum Gasteiger partial charge on any atom is -0.492 e. The van der Waals surface area contributed by atoms with Gasteiger partial charge in [0.05, 0.1) is 13.2 Å². The van der Waals surface area contributed by atoms with E-state index >= 15 is 0 Å². The molecule has 2 fully saturated rings. The van der Waals surface area contributed by atoms with Gasteiger partial charge in [-0.15, -0.1) is 0 Å². The highest BCUT2D eigenvalue weighted by atomic mass is 16.5. The Kier molecular flexibility index (Phi) is 9.49. The van der Waals surface area contributed by atoms with Gasteiger partial charge >= 0.3 is 0 Å². The first-order valence-electron chi connectivity index (χ1n) is 14.3. The molecule has 0 amide bonds. The Bertz CT molecular complexity index is 1060. The molecule has 0 spiro atoms. The highest BCUT2D eigenvalue weighted by Gasteiger charge is 2.22. The van der Waals surface area contributed by atoms with Crippen LogP contribution in [-0.2, 0) is 16.1 Å². The van der Waals surface area contributed by atoms with Crippen molar-refractivity contribution < 1.29 is 14.2 Å². The quantitative estimate of drug-likeness (QED) is 0.276. The first kappa shape index (κ1) is 26.9. The molecular formula is C30H43N5O3. The second kappa shape index (κ2) is 13.4. The van der Waals surface area contributed by atoms with E-state index in [0.29, 0.717) is 25.1 Å². The van der Waals surface area contributed by atoms with Crippen molar-refractivity contribution in [3.05, 3.63) is 47.7 Å². The third-order valence-corrected chi connectivity index (χ3v) is 7.78. The predicted molar refractivity (Wildman–Crippen MR) is 151 cm³/mol. The van der Waals surface area contributed by atoms with Gasteiger partial charge in [-0.3, -0.25) is 4.90 Å². The van der Waals surface area contributed by atoms with E-state index in [2.05, 4.69) is 45.2 Å². The average Bonchev–Trinajstić information content (AvgIpc) is 3.61. The second-order valence-corrected chi connectivity index (χ2v) is 10.8. The fourth-order valence-corrected chi connectivity index (χ4v) is 5.39. The highest BCUT2D eigenvalue weighted by molar-refractivity contribution is 5.59. The lowest BCUT2D eigenvalue weighted by molar-refractivity contribution is 0.112. The van der Waals surface area contributed by atoms with Crippen LogP contribution in [0.1, 0.15) is 43.2 Å². The lowest BCUT2D eigenvalue weighted by Crippen LogP contribution is -2.35. The van der Waals surface area contributed by atoms with Crippen LogP contribution in [-0.4, -0.2) is 74.5 Å². The van der Waals surface area contributed by atoms with Crippen LogP contribution >= 0.6 is 0 Å². The Labute approximate surface area is 227 Å². The zero-order chi connectivity index (χ0) is 26.2. The Hall–Kier alpha value is -2.68. The number of anilines is 3. The van der Waals surface area contributed by atoms with Gasteiger partial charge in [0.15, 0.2) is 0 Å². The molecule has 0 unspecified atom stereocenters. The van der Waals surface area contributed by atoms with Gasteiger partial charge in [0, 0.05) is 62.3 Å². The summed E-state index contributed by atoms with van der Waals surface area (Å²) in [5.74, 6) is 3.84. The van der Waals surface area contributed by atoms with E-state index in [0.717, 1.165) is 73.6 Å². The topological polar surface area (TPSA) is 72.0 Å². The molecule has 1 aromatic heterocycles. The van der Waals surface area contributed by atoms with E-state index in [1.165, 1.54) is 38.8 Å². The van der Waals surface area contributed by atoms with Gasteiger partial charge in [0.2, 0.25) is 5.95 Å². The summed E-state index contributed by atoms with van der Waals surface area (Å²) in [6.07, 6.45) is 12.4. The van der Waals surface area contributed by atoms with Crippen molar-refractivity contribution in [1.29, 1.82) is 0 Å². The van der Waals surface area contributed by atoms with Gasteiger partial charge in [0.25, 0.3) is 0 Å². The van der Waals surface area contributed by atoms with Crippen molar-refractivity contribution in [1.82, 2.24) is 14.9 Å². The molecule has 2 saturated heterocycles. The number of piperidine rings is 1. The van der Waals surface area contributed by atoms with Crippen LogP contribution in [0.25, 0.3) is 0 Å². The van der Waals surface area contributed by atoms with E-state index in [-0.39, 0.29) is 0 Å². The van der Waals surface area contributed by atoms with Crippen molar-refractivity contribution >= 4 is 17.5 Å². The largest absolute Gasteiger partial charge is 0.492 e. The first-order valence-corrected chi connectivity index (χ1v) is 14.3. The van der Waals surface area contributed by atoms with E-state index in [9.17, 15) is 0 Å². The zero-order valence-corrected chi connectivity index (χ0v) is 23.0. The lowest BCUT2D eigenvalue weighted by atomic mass is 9.94. The number of nitrogens with one attached hydrogen (secondary N) is 1. The van der Waals surface area contributed by atoms with E-state index < -0.39 is 0 Å². The number of benzene rings is 1. The number of hydrogen-bond acceptors (Lipinski definition) is 8. The van der Waals surface area contributed by atoms with Crippen molar-refractivity contribution in [3.63, 3.8) is 0 Å². The van der Waals surface area contributed by atoms with E-state index in [1.54, 1.807) is 7.11 Å². The molecule has 0 saturated carbocycles. The summed E-state index contributed by atoms with van der Waals surface area (Å²) in [5, 5.41) is 3.40. The maximum atomic E-state index is 6.13.